The van der Waals surface area contributed by atoms with Gasteiger partial charge in [0.15, 0.2) is 5.82 Å². The summed E-state index contributed by atoms with van der Waals surface area (Å²) in [6.07, 6.45) is 4.55. The average molecular weight is 460 g/mol. The van der Waals surface area contributed by atoms with Crippen LogP contribution < -0.4 is 4.90 Å². The Kier molecular flexibility index (Phi) is 6.60. The minimum absolute atomic E-state index is 0.0275. The highest BCUT2D eigenvalue weighted by Gasteiger charge is 2.30. The van der Waals surface area contributed by atoms with Gasteiger partial charge >= 0.3 is 0 Å². The van der Waals surface area contributed by atoms with E-state index in [2.05, 4.69) is 72.8 Å². The third kappa shape index (κ3) is 5.05. The zero-order chi connectivity index (χ0) is 22.5. The van der Waals surface area contributed by atoms with Gasteiger partial charge in [-0.3, -0.25) is 9.88 Å². The highest BCUT2D eigenvalue weighted by molar-refractivity contribution is 6.30. The van der Waals surface area contributed by atoms with E-state index in [1.807, 2.05) is 41.3 Å². The molecule has 0 bridgehead atoms. The van der Waals surface area contributed by atoms with Gasteiger partial charge in [-0.25, -0.2) is 4.68 Å². The van der Waals surface area contributed by atoms with Crippen LogP contribution in [-0.4, -0.2) is 56.3 Å². The van der Waals surface area contributed by atoms with Crippen LogP contribution in [0.2, 0.25) is 5.02 Å². The first-order chi connectivity index (χ1) is 16.3. The molecule has 33 heavy (non-hydrogen) atoms. The molecule has 0 aliphatic carbocycles. The van der Waals surface area contributed by atoms with Crippen molar-refractivity contribution in [3.8, 4) is 0 Å². The lowest BCUT2D eigenvalue weighted by Gasteiger charge is -2.39. The predicted molar refractivity (Wildman–Crippen MR) is 129 cm³/mol. The molecule has 1 aliphatic heterocycles. The number of pyridine rings is 1. The number of halogens is 1. The van der Waals surface area contributed by atoms with Crippen LogP contribution in [0.1, 0.15) is 23.0 Å². The highest BCUT2D eigenvalue weighted by atomic mass is 35.5. The monoisotopic (exact) mass is 459 g/mol. The van der Waals surface area contributed by atoms with Crippen molar-refractivity contribution < 1.29 is 0 Å². The van der Waals surface area contributed by atoms with E-state index in [1.165, 1.54) is 5.56 Å². The molecule has 5 rings (SSSR count). The first kappa shape index (κ1) is 21.6. The predicted octanol–water partition coefficient (Wildman–Crippen LogP) is 3.88. The summed E-state index contributed by atoms with van der Waals surface area (Å²) in [4.78, 5) is 9.05. The fourth-order valence-corrected chi connectivity index (χ4v) is 4.61. The Morgan fingerprint density at radius 3 is 2.42 bits per heavy atom. The normalized spacial score (nSPS) is 15.5. The molecule has 4 aromatic rings. The minimum Gasteiger partial charge on any atom is -0.369 e. The minimum atomic E-state index is -0.0275. The Bertz CT molecular complexity index is 1160. The Hall–Kier alpha value is -3.29. The molecule has 1 saturated heterocycles. The van der Waals surface area contributed by atoms with Gasteiger partial charge in [0.05, 0.1) is 6.04 Å². The van der Waals surface area contributed by atoms with Crippen molar-refractivity contribution in [1.82, 2.24) is 30.1 Å². The highest BCUT2D eigenvalue weighted by Crippen LogP contribution is 2.29. The SMILES string of the molecule is Clc1cccc(N2CCN([C@H](c3ccncc3)c3nnnn3CCc3ccccc3)CC2)c1. The summed E-state index contributed by atoms with van der Waals surface area (Å²) >= 11 is 6.21. The molecule has 168 valence electrons. The van der Waals surface area contributed by atoms with Crippen molar-refractivity contribution in [2.45, 2.75) is 19.0 Å². The van der Waals surface area contributed by atoms with E-state index in [1.54, 1.807) is 0 Å². The van der Waals surface area contributed by atoms with Crippen LogP contribution in [0.3, 0.4) is 0 Å². The maximum Gasteiger partial charge on any atom is 0.173 e. The van der Waals surface area contributed by atoms with Crippen molar-refractivity contribution in [1.29, 1.82) is 0 Å². The van der Waals surface area contributed by atoms with Gasteiger partial charge < -0.3 is 4.90 Å². The summed E-state index contributed by atoms with van der Waals surface area (Å²) in [5.74, 6) is 0.869. The van der Waals surface area contributed by atoms with Crippen molar-refractivity contribution in [2.75, 3.05) is 31.1 Å². The number of tetrazole rings is 1. The number of anilines is 1. The first-order valence-electron chi connectivity index (χ1n) is 11.2. The van der Waals surface area contributed by atoms with E-state index >= 15 is 0 Å². The van der Waals surface area contributed by atoms with E-state index in [0.717, 1.165) is 61.2 Å². The van der Waals surface area contributed by atoms with Crippen LogP contribution in [0, 0.1) is 0 Å². The van der Waals surface area contributed by atoms with Crippen LogP contribution in [0.25, 0.3) is 0 Å². The fourth-order valence-electron chi connectivity index (χ4n) is 4.43. The van der Waals surface area contributed by atoms with Gasteiger partial charge in [0.1, 0.15) is 0 Å². The Labute approximate surface area is 198 Å². The van der Waals surface area contributed by atoms with Gasteiger partial charge in [-0.2, -0.15) is 0 Å². The molecule has 0 amide bonds. The molecule has 0 radical (unpaired) electrons. The standard InChI is InChI=1S/C25H26ClN7/c26-22-7-4-8-23(19-22)31-15-17-32(18-16-31)24(21-9-12-27-13-10-21)25-28-29-30-33(25)14-11-20-5-2-1-3-6-20/h1-10,12-13,19,24H,11,14-18H2/t24-/m1/s1. The van der Waals surface area contributed by atoms with E-state index in [9.17, 15) is 0 Å². The van der Waals surface area contributed by atoms with Gasteiger partial charge in [0.25, 0.3) is 0 Å². The van der Waals surface area contributed by atoms with E-state index in [4.69, 9.17) is 11.6 Å². The topological polar surface area (TPSA) is 63.0 Å². The molecule has 1 fully saturated rings. The maximum atomic E-state index is 6.21. The Morgan fingerprint density at radius 2 is 1.67 bits per heavy atom. The third-order valence-corrected chi connectivity index (χ3v) is 6.37. The lowest BCUT2D eigenvalue weighted by atomic mass is 10.0. The summed E-state index contributed by atoms with van der Waals surface area (Å²) in [6, 6.07) is 22.6. The second-order valence-corrected chi connectivity index (χ2v) is 8.62. The number of aromatic nitrogens is 5. The van der Waals surface area contributed by atoms with Gasteiger partial charge in [-0.1, -0.05) is 48.0 Å². The second-order valence-electron chi connectivity index (χ2n) is 8.18. The summed E-state index contributed by atoms with van der Waals surface area (Å²) in [5.41, 5.74) is 3.59. The summed E-state index contributed by atoms with van der Waals surface area (Å²) in [7, 11) is 0. The Morgan fingerprint density at radius 1 is 0.879 bits per heavy atom. The molecule has 7 nitrogen and oxygen atoms in total. The molecule has 2 aromatic carbocycles. The molecular weight excluding hydrogens is 434 g/mol. The quantitative estimate of drug-likeness (QED) is 0.418. The van der Waals surface area contributed by atoms with Crippen molar-refractivity contribution >= 4 is 17.3 Å². The van der Waals surface area contributed by atoms with Crippen molar-refractivity contribution in [3.63, 3.8) is 0 Å². The number of hydrogen-bond donors (Lipinski definition) is 0. The Balaban J connectivity index is 1.37. The van der Waals surface area contributed by atoms with Crippen molar-refractivity contribution in [2.24, 2.45) is 0 Å². The number of hydrogen-bond acceptors (Lipinski definition) is 6. The second kappa shape index (κ2) is 10.1. The fraction of sp³-hybridized carbons (Fsp3) is 0.280. The molecule has 0 saturated carbocycles. The number of aryl methyl sites for hydroxylation is 2. The molecule has 0 spiro atoms. The van der Waals surface area contributed by atoms with Crippen LogP contribution in [0.15, 0.2) is 79.1 Å². The number of nitrogens with zero attached hydrogens (tertiary/aromatic N) is 7. The molecule has 1 aliphatic rings. The summed E-state index contributed by atoms with van der Waals surface area (Å²) in [5, 5.41) is 13.6. The van der Waals surface area contributed by atoms with E-state index in [-0.39, 0.29) is 6.04 Å². The molecule has 1 atom stereocenters. The van der Waals surface area contributed by atoms with E-state index < -0.39 is 0 Å². The lowest BCUT2D eigenvalue weighted by Crippen LogP contribution is -2.48. The number of benzene rings is 2. The molecule has 8 heteroatoms. The molecule has 2 aromatic heterocycles. The lowest BCUT2D eigenvalue weighted by molar-refractivity contribution is 0.200. The molecule has 0 unspecified atom stereocenters. The molecule has 3 heterocycles. The smallest absolute Gasteiger partial charge is 0.173 e. The van der Waals surface area contributed by atoms with Crippen LogP contribution in [-0.2, 0) is 13.0 Å². The first-order valence-corrected chi connectivity index (χ1v) is 11.6. The van der Waals surface area contributed by atoms with Crippen LogP contribution in [0.5, 0.6) is 0 Å². The van der Waals surface area contributed by atoms with Crippen molar-refractivity contribution in [3.05, 3.63) is 101 Å². The summed E-state index contributed by atoms with van der Waals surface area (Å²) < 4.78 is 1.95. The number of rotatable bonds is 7. The van der Waals surface area contributed by atoms with Gasteiger partial charge in [-0.15, -0.1) is 5.10 Å². The largest absolute Gasteiger partial charge is 0.369 e. The molecular formula is C25H26ClN7. The summed E-state index contributed by atoms with van der Waals surface area (Å²) in [6.45, 7) is 4.34. The number of piperazine rings is 1. The maximum absolute atomic E-state index is 6.21. The van der Waals surface area contributed by atoms with Gasteiger partial charge in [0, 0.05) is 55.8 Å². The van der Waals surface area contributed by atoms with Crippen LogP contribution in [0.4, 0.5) is 5.69 Å². The zero-order valence-electron chi connectivity index (χ0n) is 18.3. The van der Waals surface area contributed by atoms with Gasteiger partial charge in [-0.05, 0) is 58.3 Å². The average Bonchev–Trinajstić information content (AvgIpc) is 3.33. The van der Waals surface area contributed by atoms with Gasteiger partial charge in [0.2, 0.25) is 0 Å². The zero-order valence-corrected chi connectivity index (χ0v) is 19.1. The van der Waals surface area contributed by atoms with Crippen LogP contribution >= 0.6 is 11.6 Å². The van der Waals surface area contributed by atoms with E-state index in [0.29, 0.717) is 0 Å². The third-order valence-electron chi connectivity index (χ3n) is 6.13. The molecule has 0 N–H and O–H groups in total.